The first-order valence-corrected chi connectivity index (χ1v) is 50.3. The molecular weight excluding hydrogens is 1930 g/mol. The van der Waals surface area contributed by atoms with E-state index in [1.165, 1.54) is 5.56 Å². The maximum atomic E-state index is 12.3. The zero-order valence-corrected chi connectivity index (χ0v) is 81.0. The number of rotatable bonds is 21. The first-order valence-electron chi connectivity index (χ1n) is 49.4. The maximum absolute atomic E-state index is 12.3. The molecule has 44 heteroatoms. The molecule has 5 saturated heterocycles. The van der Waals surface area contributed by atoms with Crippen LogP contribution in [-0.2, 0) is 56.1 Å². The van der Waals surface area contributed by atoms with Gasteiger partial charge in [0.1, 0.15) is 27.7 Å². The number of thiazole rings is 1. The zero-order chi connectivity index (χ0) is 101. The average molecular weight is 2020 g/mol. The molecule has 0 bridgehead atoms. The van der Waals surface area contributed by atoms with Crippen molar-refractivity contribution in [3.8, 4) is 114 Å². The molecule has 10 aliphatic rings. The average Bonchev–Trinajstić information content (AvgIpc) is 1.60. The molecule has 19 heterocycles. The molecule has 0 radical (unpaired) electrons. The molecule has 5 aromatic carbocycles. The highest BCUT2D eigenvalue weighted by Crippen LogP contribution is 2.56. The molecular formula is C105H94N28O15S. The highest BCUT2D eigenvalue weighted by molar-refractivity contribution is 7.15. The van der Waals surface area contributed by atoms with Crippen molar-refractivity contribution in [3.05, 3.63) is 256 Å². The number of aromatic nitrogens is 23. The van der Waals surface area contributed by atoms with Gasteiger partial charge in [0.15, 0.2) is 0 Å². The summed E-state index contributed by atoms with van der Waals surface area (Å²) in [5.41, 5.74) is 18.5. The third-order valence-electron chi connectivity index (χ3n) is 29.9. The van der Waals surface area contributed by atoms with Crippen LogP contribution in [0.1, 0.15) is 143 Å². The van der Waals surface area contributed by atoms with Gasteiger partial charge in [0, 0.05) is 161 Å². The summed E-state index contributed by atoms with van der Waals surface area (Å²) in [7, 11) is 0. The minimum atomic E-state index is -0.0357. The predicted molar refractivity (Wildman–Crippen MR) is 529 cm³/mol. The molecule has 0 spiro atoms. The van der Waals surface area contributed by atoms with Crippen molar-refractivity contribution in [2.24, 2.45) is 29.6 Å². The van der Waals surface area contributed by atoms with Gasteiger partial charge >= 0.3 is 0 Å². The van der Waals surface area contributed by atoms with Crippen LogP contribution in [-0.4, -0.2) is 258 Å². The van der Waals surface area contributed by atoms with Crippen LogP contribution in [0.2, 0.25) is 0 Å². The van der Waals surface area contributed by atoms with Gasteiger partial charge in [-0.3, -0.25) is 41.6 Å². The summed E-state index contributed by atoms with van der Waals surface area (Å²) in [6, 6.07) is 37.5. The van der Waals surface area contributed by atoms with Crippen molar-refractivity contribution in [1.29, 1.82) is 0 Å². The van der Waals surface area contributed by atoms with Crippen molar-refractivity contribution in [3.63, 3.8) is 0 Å². The van der Waals surface area contributed by atoms with Crippen molar-refractivity contribution in [2.75, 3.05) is 65.8 Å². The number of hydrogen-bond donors (Lipinski definition) is 5. The number of amides is 5. The lowest BCUT2D eigenvalue weighted by Gasteiger charge is -2.24. The molecule has 5 aliphatic heterocycles. The van der Waals surface area contributed by atoms with Gasteiger partial charge in [0.05, 0.1) is 86.8 Å². The SMILES string of the molecule is CC(C)c1ncc(-c2nc(-c3cccc4c3C[C@H]3CC(=O)N(CCO)[C@@H]43)no2)s1.O=C1C[C@@H]2Cc3c(-c4noc(-c5cn6cccnc6n5)n4)cccc3[C@@H]2N1CCO.O=C1C[C@@H]2Cc3c(-c4noc(-c5cnc6ncccn56)n4)cccc3[C@@H]2N1CCO.O=C1C[C@H]2Cc3c(-c4noc(-c5cn6cccnc6n5)n4)cccc3[C@H]2N1CCO.O=C1C[C@H]2Cc3c(-c4noc(-c5cnc6ncccn56)n4)cccc3[C@H]2N1CCO. The summed E-state index contributed by atoms with van der Waals surface area (Å²) < 4.78 is 34.9. The van der Waals surface area contributed by atoms with Gasteiger partial charge in [-0.1, -0.05) is 131 Å². The lowest BCUT2D eigenvalue weighted by molar-refractivity contribution is -0.130. The highest BCUT2D eigenvalue weighted by Gasteiger charge is 2.52. The number of β-amino-alcohol motifs (C(OH)–C–C–N with tert-alkyl or cyclic N) is 5. The molecule has 0 saturated carbocycles. The summed E-state index contributed by atoms with van der Waals surface area (Å²) in [6.45, 7) is 5.86. The Morgan fingerprint density at radius 3 is 0.893 bits per heavy atom. The van der Waals surface area contributed by atoms with Gasteiger partial charge < -0.3 is 72.6 Å². The Labute approximate surface area is 849 Å². The Morgan fingerprint density at radius 1 is 0.315 bits per heavy atom. The number of carbonyl (C=O) groups is 5. The summed E-state index contributed by atoms with van der Waals surface area (Å²) >= 11 is 1.57. The Kier molecular flexibility index (Phi) is 24.0. The largest absolute Gasteiger partial charge is 0.395 e. The summed E-state index contributed by atoms with van der Waals surface area (Å²) in [4.78, 5) is 133. The fourth-order valence-corrected chi connectivity index (χ4v) is 24.6. The van der Waals surface area contributed by atoms with Gasteiger partial charge in [0.25, 0.3) is 29.5 Å². The number of hydrogen-bond acceptors (Lipinski definition) is 35. The van der Waals surface area contributed by atoms with Crippen LogP contribution < -0.4 is 0 Å². The van der Waals surface area contributed by atoms with Crippen LogP contribution in [0.15, 0.2) is 218 Å². The third kappa shape index (κ3) is 16.5. The Balaban J connectivity index is 0.0000000966. The smallest absolute Gasteiger partial charge is 0.278 e. The number of carbonyl (C=O) groups excluding carboxylic acids is 5. The molecule has 5 N–H and O–H groups in total. The molecule has 43 nitrogen and oxygen atoms in total. The highest BCUT2D eigenvalue weighted by atomic mass is 32.1. The Morgan fingerprint density at radius 2 is 0.597 bits per heavy atom. The fourth-order valence-electron chi connectivity index (χ4n) is 23.8. The lowest BCUT2D eigenvalue weighted by Crippen LogP contribution is -2.30. The van der Waals surface area contributed by atoms with E-state index >= 15 is 0 Å². The second kappa shape index (κ2) is 38.5. The quantitative estimate of drug-likeness (QED) is 0.0446. The van der Waals surface area contributed by atoms with E-state index in [1.807, 2.05) is 115 Å². The minimum absolute atomic E-state index is 0.00971. The number of benzene rings is 5. The normalized spacial score (nSPS) is 20.2. The molecule has 29 rings (SSSR count). The first kappa shape index (κ1) is 93.1. The lowest BCUT2D eigenvalue weighted by atomic mass is 10.0. The molecule has 10 atom stereocenters. The van der Waals surface area contributed by atoms with E-state index in [0.717, 1.165) is 120 Å². The van der Waals surface area contributed by atoms with E-state index in [2.05, 4.69) is 140 Å². The van der Waals surface area contributed by atoms with Crippen molar-refractivity contribution in [1.82, 2.24) is 138 Å². The Bertz CT molecular complexity index is 7940. The van der Waals surface area contributed by atoms with Crippen LogP contribution in [0.4, 0.5) is 0 Å². The van der Waals surface area contributed by atoms with Crippen LogP contribution in [0.5, 0.6) is 0 Å². The van der Waals surface area contributed by atoms with Crippen LogP contribution in [0.25, 0.3) is 137 Å². The van der Waals surface area contributed by atoms with E-state index < -0.39 is 0 Å². The van der Waals surface area contributed by atoms with Crippen molar-refractivity contribution < 1.29 is 72.1 Å². The van der Waals surface area contributed by atoms with E-state index in [4.69, 9.17) is 22.6 Å². The maximum Gasteiger partial charge on any atom is 0.278 e. The van der Waals surface area contributed by atoms with Crippen molar-refractivity contribution in [2.45, 2.75) is 114 Å². The third-order valence-corrected chi connectivity index (χ3v) is 31.2. The van der Waals surface area contributed by atoms with Crippen molar-refractivity contribution >= 4 is 64.0 Å². The monoisotopic (exact) mass is 2020 g/mol. The van der Waals surface area contributed by atoms with E-state index in [9.17, 15) is 49.5 Å². The molecule has 5 amide bonds. The number of aliphatic hydroxyl groups excluding tert-OH is 5. The number of imidazole rings is 4. The second-order valence-electron chi connectivity index (χ2n) is 38.6. The first-order chi connectivity index (χ1) is 73.0. The van der Waals surface area contributed by atoms with Crippen LogP contribution in [0, 0.1) is 29.6 Å². The minimum Gasteiger partial charge on any atom is -0.395 e. The van der Waals surface area contributed by atoms with E-state index in [0.29, 0.717) is 175 Å². The number of aliphatic hydroxyl groups is 5. The number of fused-ring (bicyclic) bond motifs is 19. The molecule has 14 aromatic heterocycles. The van der Waals surface area contributed by atoms with Gasteiger partial charge in [-0.2, -0.15) is 24.9 Å². The molecule has 750 valence electrons. The fraction of sp³-hybridized carbons (Fsp3) is 0.314. The summed E-state index contributed by atoms with van der Waals surface area (Å²) in [5, 5.41) is 69.0. The molecule has 19 aromatic rings. The topological polar surface area (TPSA) is 531 Å². The van der Waals surface area contributed by atoms with Crippen LogP contribution in [0.3, 0.4) is 0 Å². The molecule has 0 unspecified atom stereocenters. The predicted octanol–water partition coefficient (Wildman–Crippen LogP) is 11.0. The van der Waals surface area contributed by atoms with Gasteiger partial charge in [-0.15, -0.1) is 11.3 Å². The molecule has 149 heavy (non-hydrogen) atoms. The molecule has 5 fully saturated rings. The summed E-state index contributed by atoms with van der Waals surface area (Å²) in [6.07, 6.45) is 29.4. The number of likely N-dealkylation sites (tertiary alicyclic amines) is 5. The van der Waals surface area contributed by atoms with Crippen LogP contribution >= 0.6 is 11.3 Å². The standard InChI is InChI=1S/4C21H18N6O3.C21H22N4O3S/c2*28-8-7-27-17(29)10-12-9-15-13(18(12)27)3-1-4-14(15)19-24-20(30-25-19)16-11-26-6-2-5-22-21(26)23-16;2*28-8-7-27-17(29)10-12-9-15-13(18(12)27)3-1-4-14(15)19-24-20(30-25-19)16-11-23-21-22-5-2-6-26(16)21;1-11(2)21-22-10-16(29-21)20-23-19(24-28-20)14-5-3-4-13-15(14)8-12-9-17(27)25(6-7-26)18(12)13/h4*1-6,11-12,18,28H,7-10H2;3-5,10-12,18,26H,6-9H2,1-2H3/t5*12-,18+/m10100/s1. The van der Waals surface area contributed by atoms with Gasteiger partial charge in [-0.25, -0.2) is 44.9 Å². The Hall–Kier alpha value is -16.9. The van der Waals surface area contributed by atoms with E-state index in [-0.39, 0.29) is 122 Å². The summed E-state index contributed by atoms with van der Waals surface area (Å²) in [5.74, 6) is 8.80. The van der Waals surface area contributed by atoms with Gasteiger partial charge in [0.2, 0.25) is 81.8 Å². The number of nitrogens with zero attached hydrogens (tertiary/aromatic N) is 28. The zero-order valence-electron chi connectivity index (χ0n) is 80.2. The van der Waals surface area contributed by atoms with Gasteiger partial charge in [-0.05, 0) is 142 Å². The van der Waals surface area contributed by atoms with E-state index in [1.54, 1.807) is 104 Å². The second-order valence-corrected chi connectivity index (χ2v) is 39.7. The molecule has 5 aliphatic carbocycles.